The molecule has 0 aliphatic heterocycles. The number of pyridine rings is 1. The number of aromatic nitrogens is 1. The van der Waals surface area contributed by atoms with Crippen LogP contribution in [0, 0.1) is 13.8 Å². The number of benzene rings is 1. The number of hydrogen-bond donors (Lipinski definition) is 1. The summed E-state index contributed by atoms with van der Waals surface area (Å²) in [6.07, 6.45) is 2.22. The molecule has 1 aromatic heterocycles. The monoisotopic (exact) mass is 255 g/mol. The van der Waals surface area contributed by atoms with Crippen molar-refractivity contribution in [2.45, 2.75) is 26.7 Å². The molecule has 0 atom stereocenters. The van der Waals surface area contributed by atoms with E-state index in [4.69, 9.17) is 0 Å². The molecule has 0 fully saturated rings. The number of aryl methyl sites for hydroxylation is 2. The zero-order chi connectivity index (χ0) is 13.8. The van der Waals surface area contributed by atoms with Crippen molar-refractivity contribution in [1.29, 1.82) is 0 Å². The molecule has 2 rings (SSSR count). The quantitative estimate of drug-likeness (QED) is 0.914. The van der Waals surface area contributed by atoms with Gasteiger partial charge in [-0.2, -0.15) is 0 Å². The molecule has 1 N–H and O–H groups in total. The lowest BCUT2D eigenvalue weighted by Gasteiger charge is -2.08. The number of carbonyl (C=O) groups is 1. The number of phenols is 1. The van der Waals surface area contributed by atoms with Crippen LogP contribution in [0.15, 0.2) is 36.5 Å². The van der Waals surface area contributed by atoms with E-state index < -0.39 is 0 Å². The summed E-state index contributed by atoms with van der Waals surface area (Å²) < 4.78 is 0. The van der Waals surface area contributed by atoms with Crippen LogP contribution >= 0.6 is 0 Å². The molecule has 3 nitrogen and oxygen atoms in total. The molecule has 0 spiro atoms. The lowest BCUT2D eigenvalue weighted by Crippen LogP contribution is -2.08. The minimum atomic E-state index is 0.0546. The van der Waals surface area contributed by atoms with Crippen LogP contribution in [0.5, 0.6) is 5.75 Å². The number of carbonyl (C=O) groups excluding carboxylic acids is 1. The van der Waals surface area contributed by atoms with Gasteiger partial charge in [0.1, 0.15) is 11.5 Å². The van der Waals surface area contributed by atoms with Crippen LogP contribution < -0.4 is 0 Å². The maximum atomic E-state index is 12.0. The summed E-state index contributed by atoms with van der Waals surface area (Å²) in [6.45, 7) is 3.80. The number of Topliss-reactive ketones (excluding diaryl/α,β-unsaturated/α-hetero) is 1. The van der Waals surface area contributed by atoms with Crippen molar-refractivity contribution in [2.75, 3.05) is 0 Å². The van der Waals surface area contributed by atoms with E-state index >= 15 is 0 Å². The molecule has 0 amide bonds. The Bertz CT molecular complexity index is 591. The topological polar surface area (TPSA) is 50.2 Å². The van der Waals surface area contributed by atoms with Crippen molar-refractivity contribution in [3.63, 3.8) is 0 Å². The van der Waals surface area contributed by atoms with Gasteiger partial charge in [-0.05, 0) is 31.5 Å². The summed E-state index contributed by atoms with van der Waals surface area (Å²) in [5.74, 6) is 0.277. The van der Waals surface area contributed by atoms with E-state index in [1.165, 1.54) is 0 Å². The fraction of sp³-hybridized carbons (Fsp3) is 0.250. The van der Waals surface area contributed by atoms with Gasteiger partial charge in [-0.3, -0.25) is 9.78 Å². The number of ketones is 1. The smallest absolute Gasteiger partial charge is 0.143 e. The van der Waals surface area contributed by atoms with Crippen molar-refractivity contribution >= 4 is 5.78 Å². The van der Waals surface area contributed by atoms with E-state index in [1.54, 1.807) is 6.20 Å². The highest BCUT2D eigenvalue weighted by Gasteiger charge is 2.11. The third-order valence-corrected chi connectivity index (χ3v) is 3.02. The Labute approximate surface area is 112 Å². The number of hydrogen-bond acceptors (Lipinski definition) is 3. The maximum absolute atomic E-state index is 12.0. The number of nitrogens with zero attached hydrogens (tertiary/aromatic N) is 1. The van der Waals surface area contributed by atoms with Gasteiger partial charge < -0.3 is 5.11 Å². The summed E-state index contributed by atoms with van der Waals surface area (Å²) in [4.78, 5) is 16.1. The first-order chi connectivity index (χ1) is 9.06. The van der Waals surface area contributed by atoms with Gasteiger partial charge in [-0.1, -0.05) is 23.8 Å². The second-order valence-corrected chi connectivity index (χ2v) is 4.80. The minimum Gasteiger partial charge on any atom is -0.507 e. The summed E-state index contributed by atoms with van der Waals surface area (Å²) >= 11 is 0. The zero-order valence-electron chi connectivity index (χ0n) is 11.2. The SMILES string of the molecule is Cc1cc(C)c(O)c(CC(=O)Cc2ccccn2)c1. The Hall–Kier alpha value is -2.16. The molecule has 0 bridgehead atoms. The van der Waals surface area contributed by atoms with E-state index in [0.717, 1.165) is 16.8 Å². The summed E-state index contributed by atoms with van der Waals surface area (Å²) in [5, 5.41) is 9.97. The molecule has 0 unspecified atom stereocenters. The Balaban J connectivity index is 2.11. The Kier molecular flexibility index (Phi) is 3.95. The second kappa shape index (κ2) is 5.65. The van der Waals surface area contributed by atoms with Gasteiger partial charge in [0.2, 0.25) is 0 Å². The largest absolute Gasteiger partial charge is 0.507 e. The second-order valence-electron chi connectivity index (χ2n) is 4.80. The molecule has 1 heterocycles. The van der Waals surface area contributed by atoms with Gasteiger partial charge in [0.05, 0.1) is 0 Å². The summed E-state index contributed by atoms with van der Waals surface area (Å²) in [5.41, 5.74) is 3.31. The highest BCUT2D eigenvalue weighted by molar-refractivity contribution is 5.83. The molecule has 0 radical (unpaired) electrons. The fourth-order valence-corrected chi connectivity index (χ4v) is 2.16. The van der Waals surface area contributed by atoms with Crippen molar-refractivity contribution in [1.82, 2.24) is 4.98 Å². The standard InChI is InChI=1S/C16H17NO2/c1-11-7-12(2)16(19)13(8-11)9-15(18)10-14-5-3-4-6-17-14/h3-8,19H,9-10H2,1-2H3. The molecule has 0 saturated heterocycles. The lowest BCUT2D eigenvalue weighted by atomic mass is 10.00. The van der Waals surface area contributed by atoms with Crippen molar-refractivity contribution < 1.29 is 9.90 Å². The van der Waals surface area contributed by atoms with E-state index in [1.807, 2.05) is 44.2 Å². The highest BCUT2D eigenvalue weighted by Crippen LogP contribution is 2.24. The average Bonchev–Trinajstić information content (AvgIpc) is 2.36. The molecule has 19 heavy (non-hydrogen) atoms. The van der Waals surface area contributed by atoms with Gasteiger partial charge in [0, 0.05) is 30.3 Å². The van der Waals surface area contributed by atoms with E-state index in [-0.39, 0.29) is 18.0 Å². The predicted octanol–water partition coefficient (Wildman–Crippen LogP) is 2.76. The van der Waals surface area contributed by atoms with Gasteiger partial charge in [0.15, 0.2) is 0 Å². The van der Waals surface area contributed by atoms with E-state index in [0.29, 0.717) is 12.0 Å². The van der Waals surface area contributed by atoms with Crippen LogP contribution in [-0.4, -0.2) is 15.9 Å². The zero-order valence-corrected chi connectivity index (χ0v) is 11.2. The van der Waals surface area contributed by atoms with Gasteiger partial charge in [0.25, 0.3) is 0 Å². The molecule has 3 heteroatoms. The Morgan fingerprint density at radius 3 is 2.68 bits per heavy atom. The number of phenolic OH excluding ortho intramolecular Hbond substituents is 1. The number of rotatable bonds is 4. The first kappa shape index (κ1) is 13.3. The minimum absolute atomic E-state index is 0.0546. The van der Waals surface area contributed by atoms with Crippen molar-refractivity contribution in [2.24, 2.45) is 0 Å². The predicted molar refractivity (Wildman–Crippen MR) is 74.2 cm³/mol. The third-order valence-electron chi connectivity index (χ3n) is 3.02. The molecule has 0 saturated carbocycles. The first-order valence-electron chi connectivity index (χ1n) is 6.27. The molecule has 0 aliphatic carbocycles. The molecule has 1 aromatic carbocycles. The van der Waals surface area contributed by atoms with E-state index in [2.05, 4.69) is 4.98 Å². The van der Waals surface area contributed by atoms with Gasteiger partial charge >= 0.3 is 0 Å². The lowest BCUT2D eigenvalue weighted by molar-refractivity contribution is -0.117. The molecule has 2 aromatic rings. The maximum Gasteiger partial charge on any atom is 0.143 e. The normalized spacial score (nSPS) is 10.4. The molecule has 98 valence electrons. The van der Waals surface area contributed by atoms with Crippen LogP contribution in [0.2, 0.25) is 0 Å². The first-order valence-corrected chi connectivity index (χ1v) is 6.27. The molecular weight excluding hydrogens is 238 g/mol. The van der Waals surface area contributed by atoms with Gasteiger partial charge in [-0.15, -0.1) is 0 Å². The highest BCUT2D eigenvalue weighted by atomic mass is 16.3. The van der Waals surface area contributed by atoms with Crippen LogP contribution in [0.1, 0.15) is 22.4 Å². The van der Waals surface area contributed by atoms with Crippen LogP contribution in [0.4, 0.5) is 0 Å². The molecular formula is C16H17NO2. The summed E-state index contributed by atoms with van der Waals surface area (Å²) in [6, 6.07) is 9.29. The van der Waals surface area contributed by atoms with Crippen molar-refractivity contribution in [3.8, 4) is 5.75 Å². The molecule has 0 aliphatic rings. The van der Waals surface area contributed by atoms with Gasteiger partial charge in [-0.25, -0.2) is 0 Å². The Morgan fingerprint density at radius 2 is 2.00 bits per heavy atom. The summed E-state index contributed by atoms with van der Waals surface area (Å²) in [7, 11) is 0. The van der Waals surface area contributed by atoms with Crippen LogP contribution in [0.3, 0.4) is 0 Å². The Morgan fingerprint density at radius 1 is 1.21 bits per heavy atom. The van der Waals surface area contributed by atoms with Crippen molar-refractivity contribution in [3.05, 3.63) is 58.9 Å². The van der Waals surface area contributed by atoms with E-state index in [9.17, 15) is 9.90 Å². The number of aromatic hydroxyl groups is 1. The third kappa shape index (κ3) is 3.41. The fourth-order valence-electron chi connectivity index (χ4n) is 2.16. The van der Waals surface area contributed by atoms with Crippen LogP contribution in [-0.2, 0) is 17.6 Å². The average molecular weight is 255 g/mol. The van der Waals surface area contributed by atoms with Crippen LogP contribution in [0.25, 0.3) is 0 Å².